The van der Waals surface area contributed by atoms with Crippen molar-refractivity contribution < 1.29 is 22.8 Å². The number of hydrogen-bond donors (Lipinski definition) is 0. The van der Waals surface area contributed by atoms with Gasteiger partial charge >= 0.3 is 6.18 Å². The molecule has 2 aromatic rings. The van der Waals surface area contributed by atoms with Crippen LogP contribution in [0.15, 0.2) is 54.6 Å². The molecule has 0 unspecified atom stereocenters. The molecule has 0 spiro atoms. The first-order chi connectivity index (χ1) is 10.4. The summed E-state index contributed by atoms with van der Waals surface area (Å²) in [5, 5.41) is 10.5. The van der Waals surface area contributed by atoms with Crippen molar-refractivity contribution in [1.82, 2.24) is 0 Å². The van der Waals surface area contributed by atoms with Crippen molar-refractivity contribution in [2.75, 3.05) is 0 Å². The summed E-state index contributed by atoms with van der Waals surface area (Å²) in [5.74, 6) is 0. The predicted molar refractivity (Wildman–Crippen MR) is 73.1 cm³/mol. The first-order valence-corrected chi connectivity index (χ1v) is 6.34. The average molecular weight is 311 g/mol. The number of nitro groups is 1. The lowest BCUT2D eigenvalue weighted by molar-refractivity contribution is -0.384. The smallest absolute Gasteiger partial charge is 0.359 e. The largest absolute Gasteiger partial charge is 0.418 e. The lowest BCUT2D eigenvalue weighted by Gasteiger charge is -2.21. The maximum Gasteiger partial charge on any atom is 0.418 e. The molecule has 0 saturated carbocycles. The molecule has 0 bridgehead atoms. The minimum Gasteiger partial charge on any atom is -0.359 e. The molecule has 22 heavy (non-hydrogen) atoms. The second-order valence-corrected chi connectivity index (χ2v) is 4.57. The van der Waals surface area contributed by atoms with Gasteiger partial charge in [0.2, 0.25) is 0 Å². The van der Waals surface area contributed by atoms with Gasteiger partial charge in [0.05, 0.1) is 11.5 Å². The molecule has 0 fully saturated rings. The van der Waals surface area contributed by atoms with Crippen molar-refractivity contribution in [3.63, 3.8) is 0 Å². The summed E-state index contributed by atoms with van der Waals surface area (Å²) in [7, 11) is 0. The Morgan fingerprint density at radius 3 is 2.14 bits per heavy atom. The number of hydrogen-bond acceptors (Lipinski definition) is 3. The van der Waals surface area contributed by atoms with E-state index in [0.717, 1.165) is 0 Å². The molecule has 0 aliphatic rings. The van der Waals surface area contributed by atoms with Crippen LogP contribution in [0, 0.1) is 10.1 Å². The molecule has 0 aliphatic heterocycles. The van der Waals surface area contributed by atoms with E-state index in [0.29, 0.717) is 5.56 Å². The summed E-state index contributed by atoms with van der Waals surface area (Å²) in [5.41, 5.74) is 0.312. The van der Waals surface area contributed by atoms with E-state index in [2.05, 4.69) is 0 Å². The molecule has 0 aromatic heterocycles. The highest BCUT2D eigenvalue weighted by Gasteiger charge is 2.41. The lowest BCUT2D eigenvalue weighted by atomic mass is 10.1. The Morgan fingerprint density at radius 2 is 1.64 bits per heavy atom. The average Bonchev–Trinajstić information content (AvgIpc) is 2.47. The summed E-state index contributed by atoms with van der Waals surface area (Å²) < 4.78 is 44.2. The quantitative estimate of drug-likeness (QED) is 0.607. The zero-order valence-electron chi connectivity index (χ0n) is 11.3. The maximum atomic E-state index is 13.1. The van der Waals surface area contributed by atoms with E-state index in [9.17, 15) is 23.3 Å². The Hall–Kier alpha value is -2.41. The third-order valence-corrected chi connectivity index (χ3v) is 2.96. The summed E-state index contributed by atoms with van der Waals surface area (Å²) in [6.07, 6.45) is -6.58. The minimum atomic E-state index is -4.54. The van der Waals surface area contributed by atoms with Crippen LogP contribution in [0.3, 0.4) is 0 Å². The van der Waals surface area contributed by atoms with Crippen LogP contribution in [0.25, 0.3) is 0 Å². The molecule has 0 saturated heterocycles. The predicted octanol–water partition coefficient (Wildman–Crippen LogP) is 4.42. The maximum absolute atomic E-state index is 13.1. The molecular weight excluding hydrogens is 299 g/mol. The molecular formula is C15H12F3NO3. The Kier molecular flexibility index (Phi) is 4.77. The fourth-order valence-electron chi connectivity index (χ4n) is 1.90. The van der Waals surface area contributed by atoms with Crippen molar-refractivity contribution in [1.29, 1.82) is 0 Å². The van der Waals surface area contributed by atoms with E-state index >= 15 is 0 Å². The van der Waals surface area contributed by atoms with E-state index in [1.54, 1.807) is 6.07 Å². The van der Waals surface area contributed by atoms with E-state index < -0.39 is 17.2 Å². The number of benzene rings is 2. The van der Waals surface area contributed by atoms with Gasteiger partial charge in [0.25, 0.3) is 5.69 Å². The highest BCUT2D eigenvalue weighted by Crippen LogP contribution is 2.36. The normalized spacial score (nSPS) is 12.9. The van der Waals surface area contributed by atoms with Crippen molar-refractivity contribution in [3.05, 3.63) is 75.8 Å². The topological polar surface area (TPSA) is 52.4 Å². The van der Waals surface area contributed by atoms with Gasteiger partial charge in [-0.25, -0.2) is 0 Å². The fourth-order valence-corrected chi connectivity index (χ4v) is 1.90. The highest BCUT2D eigenvalue weighted by molar-refractivity contribution is 5.32. The Morgan fingerprint density at radius 1 is 1.05 bits per heavy atom. The number of alkyl halides is 3. The number of nitro benzene ring substituents is 1. The van der Waals surface area contributed by atoms with Crippen LogP contribution < -0.4 is 0 Å². The molecule has 0 amide bonds. The summed E-state index contributed by atoms with van der Waals surface area (Å²) in [6, 6.07) is 12.5. The van der Waals surface area contributed by atoms with Crippen LogP contribution in [-0.4, -0.2) is 11.1 Å². The van der Waals surface area contributed by atoms with Gasteiger partial charge in [-0.3, -0.25) is 10.1 Å². The molecule has 0 heterocycles. The van der Waals surface area contributed by atoms with E-state index in [-0.39, 0.29) is 17.9 Å². The molecule has 4 nitrogen and oxygen atoms in total. The molecule has 2 aromatic carbocycles. The molecule has 0 N–H and O–H groups in total. The molecule has 116 valence electrons. The van der Waals surface area contributed by atoms with Gasteiger partial charge in [0, 0.05) is 12.1 Å². The molecule has 0 aliphatic carbocycles. The Balaban J connectivity index is 2.10. The van der Waals surface area contributed by atoms with Crippen molar-refractivity contribution >= 4 is 5.69 Å². The zero-order chi connectivity index (χ0) is 16.2. The van der Waals surface area contributed by atoms with Gasteiger partial charge in [0.15, 0.2) is 6.10 Å². The van der Waals surface area contributed by atoms with E-state index in [4.69, 9.17) is 4.74 Å². The van der Waals surface area contributed by atoms with Gasteiger partial charge in [-0.05, 0) is 23.3 Å². The number of ether oxygens (including phenoxy) is 1. The first-order valence-electron chi connectivity index (χ1n) is 6.34. The van der Waals surface area contributed by atoms with Gasteiger partial charge in [0.1, 0.15) is 0 Å². The second-order valence-electron chi connectivity index (χ2n) is 4.57. The van der Waals surface area contributed by atoms with Crippen molar-refractivity contribution in [3.8, 4) is 0 Å². The number of halogens is 3. The third kappa shape index (κ3) is 4.05. The van der Waals surface area contributed by atoms with E-state index in [1.807, 2.05) is 0 Å². The summed E-state index contributed by atoms with van der Waals surface area (Å²) in [6.45, 7) is -0.295. The van der Waals surface area contributed by atoms with Gasteiger partial charge in [-0.2, -0.15) is 13.2 Å². The van der Waals surface area contributed by atoms with Crippen LogP contribution in [0.4, 0.5) is 18.9 Å². The van der Waals surface area contributed by atoms with Gasteiger partial charge < -0.3 is 4.74 Å². The van der Waals surface area contributed by atoms with Crippen LogP contribution in [0.5, 0.6) is 0 Å². The molecule has 1 atom stereocenters. The molecule has 7 heteroatoms. The van der Waals surface area contributed by atoms with Gasteiger partial charge in [-0.15, -0.1) is 0 Å². The standard InChI is InChI=1S/C15H12F3NO3/c16-15(17,18)14(12-4-2-1-3-5-12)22-10-11-6-8-13(9-7-11)19(20)21/h1-9,14H,10H2/t14-/m1/s1. The Bertz CT molecular complexity index is 627. The third-order valence-electron chi connectivity index (χ3n) is 2.96. The van der Waals surface area contributed by atoms with Gasteiger partial charge in [-0.1, -0.05) is 30.3 Å². The monoisotopic (exact) mass is 311 g/mol. The fraction of sp³-hybridized carbons (Fsp3) is 0.200. The van der Waals surface area contributed by atoms with Crippen molar-refractivity contribution in [2.45, 2.75) is 18.9 Å². The SMILES string of the molecule is O=[N+]([O-])c1ccc(CO[C@H](c2ccccc2)C(F)(F)F)cc1. The number of non-ortho nitro benzene ring substituents is 1. The first kappa shape index (κ1) is 16.0. The minimum absolute atomic E-state index is 0.0110. The van der Waals surface area contributed by atoms with Crippen LogP contribution >= 0.6 is 0 Å². The summed E-state index contributed by atoms with van der Waals surface area (Å²) in [4.78, 5) is 9.94. The zero-order valence-corrected chi connectivity index (χ0v) is 11.3. The second kappa shape index (κ2) is 6.57. The van der Waals surface area contributed by atoms with Crippen LogP contribution in [-0.2, 0) is 11.3 Å². The number of rotatable bonds is 5. The highest BCUT2D eigenvalue weighted by atomic mass is 19.4. The van der Waals surface area contributed by atoms with Crippen LogP contribution in [0.2, 0.25) is 0 Å². The molecule has 2 rings (SSSR count). The summed E-state index contributed by atoms with van der Waals surface area (Å²) >= 11 is 0. The number of nitrogens with zero attached hydrogens (tertiary/aromatic N) is 1. The van der Waals surface area contributed by atoms with E-state index in [1.165, 1.54) is 48.5 Å². The van der Waals surface area contributed by atoms with Crippen LogP contribution in [0.1, 0.15) is 17.2 Å². The van der Waals surface area contributed by atoms with Crippen molar-refractivity contribution in [2.24, 2.45) is 0 Å². The lowest BCUT2D eigenvalue weighted by Crippen LogP contribution is -2.23. The Labute approximate surface area is 124 Å². The molecule has 0 radical (unpaired) electrons.